The molecule has 0 spiro atoms. The van der Waals surface area contributed by atoms with Crippen molar-refractivity contribution in [1.82, 2.24) is 25.9 Å². The van der Waals surface area contributed by atoms with Crippen LogP contribution in [0.15, 0.2) is 18.2 Å². The molecule has 0 fully saturated rings. The highest BCUT2D eigenvalue weighted by atomic mass is 35.5. The van der Waals surface area contributed by atoms with E-state index in [4.69, 9.17) is 11.6 Å². The maximum Gasteiger partial charge on any atom is 0.297 e. The van der Waals surface area contributed by atoms with Crippen LogP contribution in [0.2, 0.25) is 5.02 Å². The average molecular weight is 281 g/mol. The van der Waals surface area contributed by atoms with E-state index in [1.165, 1.54) is 19.2 Å². The average Bonchev–Trinajstić information content (AvgIpc) is 2.94. The molecule has 9 heteroatoms. The van der Waals surface area contributed by atoms with Gasteiger partial charge in [0.15, 0.2) is 0 Å². The second kappa shape index (κ2) is 5.44. The van der Waals surface area contributed by atoms with Gasteiger partial charge in [-0.25, -0.2) is 0 Å². The van der Waals surface area contributed by atoms with E-state index in [1.807, 2.05) is 0 Å². The summed E-state index contributed by atoms with van der Waals surface area (Å²) >= 11 is 5.89. The molecule has 0 aliphatic carbocycles. The monoisotopic (exact) mass is 280 g/mol. The van der Waals surface area contributed by atoms with Crippen molar-refractivity contribution in [2.24, 2.45) is 0 Å². The fourth-order valence-corrected chi connectivity index (χ4v) is 1.56. The number of nitrogens with zero attached hydrogens (tertiary/aromatic N) is 3. The number of aromatic nitrogens is 4. The number of halogens is 1. The first-order valence-corrected chi connectivity index (χ1v) is 5.56. The minimum atomic E-state index is -0.543. The molecule has 98 valence electrons. The molecule has 0 aliphatic heterocycles. The molecule has 1 aromatic carbocycles. The number of H-pyrrole nitrogens is 1. The molecule has 0 radical (unpaired) electrons. The van der Waals surface area contributed by atoms with E-state index in [2.05, 4.69) is 31.3 Å². The number of amides is 2. The molecule has 0 aliphatic rings. The third kappa shape index (κ3) is 2.86. The summed E-state index contributed by atoms with van der Waals surface area (Å²) in [5.41, 5.74) is 0.660. The number of tetrazole rings is 1. The Kier molecular flexibility index (Phi) is 3.71. The number of anilines is 1. The van der Waals surface area contributed by atoms with Gasteiger partial charge in [0.25, 0.3) is 17.6 Å². The van der Waals surface area contributed by atoms with E-state index in [9.17, 15) is 9.59 Å². The lowest BCUT2D eigenvalue weighted by Gasteiger charge is -2.07. The van der Waals surface area contributed by atoms with E-state index in [0.717, 1.165) is 0 Å². The van der Waals surface area contributed by atoms with Crippen molar-refractivity contribution in [3.05, 3.63) is 34.6 Å². The minimum Gasteiger partial charge on any atom is -0.355 e. The number of rotatable bonds is 3. The summed E-state index contributed by atoms with van der Waals surface area (Å²) in [5.74, 6) is -0.990. The fraction of sp³-hybridized carbons (Fsp3) is 0.100. The normalized spacial score (nSPS) is 10.0. The van der Waals surface area contributed by atoms with Crippen molar-refractivity contribution in [2.45, 2.75) is 0 Å². The van der Waals surface area contributed by atoms with Gasteiger partial charge in [0.05, 0.1) is 10.6 Å². The zero-order valence-corrected chi connectivity index (χ0v) is 10.5. The zero-order valence-electron chi connectivity index (χ0n) is 9.77. The van der Waals surface area contributed by atoms with E-state index < -0.39 is 5.91 Å². The first-order valence-electron chi connectivity index (χ1n) is 5.18. The number of hydrogen-bond acceptors (Lipinski definition) is 5. The summed E-state index contributed by atoms with van der Waals surface area (Å²) in [7, 11) is 1.49. The summed E-state index contributed by atoms with van der Waals surface area (Å²) in [5, 5.41) is 17.8. The Balaban J connectivity index is 2.22. The van der Waals surface area contributed by atoms with Gasteiger partial charge in [-0.1, -0.05) is 11.6 Å². The number of hydrogen-bond donors (Lipinski definition) is 3. The Bertz CT molecular complexity index is 612. The molecule has 0 bridgehead atoms. The minimum absolute atomic E-state index is 0.101. The molecule has 8 nitrogen and oxygen atoms in total. The van der Waals surface area contributed by atoms with Crippen LogP contribution in [-0.4, -0.2) is 39.5 Å². The van der Waals surface area contributed by atoms with Gasteiger partial charge in [-0.15, -0.1) is 10.2 Å². The molecule has 19 heavy (non-hydrogen) atoms. The second-order valence-electron chi connectivity index (χ2n) is 3.46. The topological polar surface area (TPSA) is 113 Å². The number of carbonyl (C=O) groups is 2. The largest absolute Gasteiger partial charge is 0.355 e. The quantitative estimate of drug-likeness (QED) is 0.756. The standard InChI is InChI=1S/C10H9ClN6O2/c1-12-9(18)6-4-5(2-3-7(6)11)13-10(19)8-14-16-17-15-8/h2-4H,1H3,(H,12,18)(H,13,19)(H,14,15,16,17). The molecule has 2 aromatic rings. The molecular weight excluding hydrogens is 272 g/mol. The van der Waals surface area contributed by atoms with E-state index >= 15 is 0 Å². The second-order valence-corrected chi connectivity index (χ2v) is 3.87. The molecular formula is C10H9ClN6O2. The van der Waals surface area contributed by atoms with Crippen LogP contribution in [0.25, 0.3) is 0 Å². The number of nitrogens with one attached hydrogen (secondary N) is 3. The molecule has 0 atom stereocenters. The van der Waals surface area contributed by atoms with Crippen LogP contribution in [0, 0.1) is 0 Å². The number of carbonyl (C=O) groups excluding carboxylic acids is 2. The van der Waals surface area contributed by atoms with Crippen LogP contribution < -0.4 is 10.6 Å². The Morgan fingerprint density at radius 3 is 2.74 bits per heavy atom. The lowest BCUT2D eigenvalue weighted by Crippen LogP contribution is -2.19. The van der Waals surface area contributed by atoms with Crippen molar-refractivity contribution in [2.75, 3.05) is 12.4 Å². The number of aromatic amines is 1. The fourth-order valence-electron chi connectivity index (χ4n) is 1.36. The smallest absolute Gasteiger partial charge is 0.297 e. The molecule has 1 aromatic heterocycles. The lowest BCUT2D eigenvalue weighted by molar-refractivity contribution is 0.0961. The molecule has 3 N–H and O–H groups in total. The van der Waals surface area contributed by atoms with Crippen LogP contribution in [-0.2, 0) is 0 Å². The Morgan fingerprint density at radius 1 is 1.32 bits per heavy atom. The van der Waals surface area contributed by atoms with Gasteiger partial charge in [0.1, 0.15) is 0 Å². The van der Waals surface area contributed by atoms with Gasteiger partial charge in [0.2, 0.25) is 0 Å². The van der Waals surface area contributed by atoms with Crippen molar-refractivity contribution in [1.29, 1.82) is 0 Å². The van der Waals surface area contributed by atoms with Gasteiger partial charge in [-0.05, 0) is 23.4 Å². The highest BCUT2D eigenvalue weighted by Crippen LogP contribution is 2.20. The van der Waals surface area contributed by atoms with Gasteiger partial charge < -0.3 is 10.6 Å². The predicted octanol–water partition coefficient (Wildman–Crippen LogP) is 0.465. The van der Waals surface area contributed by atoms with Crippen LogP contribution in [0.1, 0.15) is 21.0 Å². The summed E-state index contributed by atoms with van der Waals surface area (Å²) in [6, 6.07) is 4.53. The highest BCUT2D eigenvalue weighted by molar-refractivity contribution is 6.34. The summed E-state index contributed by atoms with van der Waals surface area (Å²) < 4.78 is 0. The first kappa shape index (κ1) is 13.0. The predicted molar refractivity (Wildman–Crippen MR) is 67.0 cm³/mol. The van der Waals surface area contributed by atoms with Crippen LogP contribution in [0.4, 0.5) is 5.69 Å². The van der Waals surface area contributed by atoms with Crippen molar-refractivity contribution in [3.63, 3.8) is 0 Å². The Morgan fingerprint density at radius 2 is 2.11 bits per heavy atom. The van der Waals surface area contributed by atoms with Gasteiger partial charge >= 0.3 is 0 Å². The van der Waals surface area contributed by atoms with Gasteiger partial charge in [-0.3, -0.25) is 9.59 Å². The van der Waals surface area contributed by atoms with Gasteiger partial charge in [0, 0.05) is 12.7 Å². The highest BCUT2D eigenvalue weighted by Gasteiger charge is 2.14. The van der Waals surface area contributed by atoms with Gasteiger partial charge in [-0.2, -0.15) is 5.21 Å². The van der Waals surface area contributed by atoms with E-state index in [1.54, 1.807) is 6.07 Å². The molecule has 0 saturated heterocycles. The molecule has 2 amide bonds. The van der Waals surface area contributed by atoms with E-state index in [-0.39, 0.29) is 22.3 Å². The van der Waals surface area contributed by atoms with Crippen molar-refractivity contribution >= 4 is 29.1 Å². The molecule has 1 heterocycles. The van der Waals surface area contributed by atoms with Crippen molar-refractivity contribution < 1.29 is 9.59 Å². The summed E-state index contributed by atoms with van der Waals surface area (Å²) in [4.78, 5) is 23.2. The lowest BCUT2D eigenvalue weighted by atomic mass is 10.2. The molecule has 2 rings (SSSR count). The summed E-state index contributed by atoms with van der Waals surface area (Å²) in [6.45, 7) is 0. The van der Waals surface area contributed by atoms with Crippen LogP contribution in [0.3, 0.4) is 0 Å². The maximum absolute atomic E-state index is 11.7. The Labute approximate surface area is 112 Å². The third-order valence-electron chi connectivity index (χ3n) is 2.24. The van der Waals surface area contributed by atoms with Crippen LogP contribution in [0.5, 0.6) is 0 Å². The Hall–Kier alpha value is -2.48. The summed E-state index contributed by atoms with van der Waals surface area (Å²) in [6.07, 6.45) is 0. The van der Waals surface area contributed by atoms with Crippen molar-refractivity contribution in [3.8, 4) is 0 Å². The molecule has 0 saturated carbocycles. The zero-order chi connectivity index (χ0) is 13.8. The van der Waals surface area contributed by atoms with E-state index in [0.29, 0.717) is 5.69 Å². The number of benzene rings is 1. The SMILES string of the molecule is CNC(=O)c1cc(NC(=O)c2nn[nH]n2)ccc1Cl. The molecule has 0 unspecified atom stereocenters. The third-order valence-corrected chi connectivity index (χ3v) is 2.57. The first-order chi connectivity index (χ1) is 9.11. The van der Waals surface area contributed by atoms with Crippen LogP contribution >= 0.6 is 11.6 Å². The maximum atomic E-state index is 11.7.